The molecule has 0 amide bonds. The Morgan fingerprint density at radius 2 is 1.77 bits per heavy atom. The van der Waals surface area contributed by atoms with Gasteiger partial charge in [-0.3, -0.25) is 0 Å². The van der Waals surface area contributed by atoms with Gasteiger partial charge in [-0.05, 0) is 49.4 Å². The van der Waals surface area contributed by atoms with E-state index in [-0.39, 0.29) is 5.41 Å². The van der Waals surface area contributed by atoms with Crippen molar-refractivity contribution in [3.05, 3.63) is 77.1 Å². The van der Waals surface area contributed by atoms with Crippen molar-refractivity contribution >= 4 is 11.7 Å². The van der Waals surface area contributed by atoms with Gasteiger partial charge in [-0.25, -0.2) is 9.48 Å². The van der Waals surface area contributed by atoms with E-state index in [2.05, 4.69) is 19.0 Å². The van der Waals surface area contributed by atoms with Crippen molar-refractivity contribution < 1.29 is 14.4 Å². The number of rotatable bonds is 4. The number of nitrogens with zero attached hydrogens (tertiary/aromatic N) is 3. The molecule has 1 aliphatic carbocycles. The molecule has 0 saturated heterocycles. The molecule has 0 aliphatic heterocycles. The van der Waals surface area contributed by atoms with Gasteiger partial charge in [0, 0.05) is 5.56 Å². The van der Waals surface area contributed by atoms with E-state index in [1.165, 1.54) is 7.11 Å². The third kappa shape index (κ3) is 3.73. The Kier molecular flexibility index (Phi) is 5.16. The molecule has 154 valence electrons. The minimum atomic E-state index is -0.544. The highest BCUT2D eigenvalue weighted by atomic mass is 16.7. The van der Waals surface area contributed by atoms with Crippen LogP contribution in [0.4, 0.5) is 0 Å². The number of fused-ring (bicyclic) bond motifs is 1. The van der Waals surface area contributed by atoms with Gasteiger partial charge in [-0.15, -0.1) is 0 Å². The van der Waals surface area contributed by atoms with Crippen LogP contribution in [-0.2, 0) is 11.3 Å². The highest BCUT2D eigenvalue weighted by Crippen LogP contribution is 2.37. The number of hydrogen-bond acceptors (Lipinski definition) is 5. The summed E-state index contributed by atoms with van der Waals surface area (Å²) in [6, 6.07) is 17.0. The van der Waals surface area contributed by atoms with Gasteiger partial charge in [-0.1, -0.05) is 49.3 Å². The number of methoxy groups -OCH3 is 1. The summed E-state index contributed by atoms with van der Waals surface area (Å²) in [5.74, 6) is -0.0848. The second-order valence-electron chi connectivity index (χ2n) is 8.29. The third-order valence-corrected chi connectivity index (χ3v) is 5.30. The first kappa shape index (κ1) is 19.9. The van der Waals surface area contributed by atoms with Crippen LogP contribution >= 0.6 is 0 Å². The smallest absolute Gasteiger partial charge is 0.369 e. The van der Waals surface area contributed by atoms with Crippen molar-refractivity contribution in [2.45, 2.75) is 33.6 Å². The molecule has 30 heavy (non-hydrogen) atoms. The summed E-state index contributed by atoms with van der Waals surface area (Å²) in [5, 5.41) is 9.06. The maximum Gasteiger partial charge on any atom is 0.369 e. The Morgan fingerprint density at radius 3 is 2.50 bits per heavy atom. The molecule has 1 aromatic heterocycles. The molecule has 2 aromatic carbocycles. The van der Waals surface area contributed by atoms with E-state index in [0.29, 0.717) is 17.7 Å². The minimum absolute atomic E-state index is 0.0400. The van der Waals surface area contributed by atoms with Crippen LogP contribution < -0.4 is 4.74 Å². The largest absolute Gasteiger partial charge is 0.496 e. The van der Waals surface area contributed by atoms with Gasteiger partial charge in [0.05, 0.1) is 29.9 Å². The second-order valence-corrected chi connectivity index (χ2v) is 8.29. The van der Waals surface area contributed by atoms with Gasteiger partial charge in [0.1, 0.15) is 11.3 Å². The van der Waals surface area contributed by atoms with Crippen LogP contribution in [0.2, 0.25) is 0 Å². The van der Waals surface area contributed by atoms with E-state index >= 15 is 0 Å². The van der Waals surface area contributed by atoms with Crippen LogP contribution in [0.1, 0.15) is 47.6 Å². The van der Waals surface area contributed by atoms with Gasteiger partial charge in [0.15, 0.2) is 0 Å². The van der Waals surface area contributed by atoms with Crippen LogP contribution in [0, 0.1) is 12.3 Å². The predicted octanol–water partition coefficient (Wildman–Crippen LogP) is 4.72. The third-order valence-electron chi connectivity index (χ3n) is 5.30. The Hall–Kier alpha value is -3.41. The van der Waals surface area contributed by atoms with Crippen LogP contribution in [0.3, 0.4) is 0 Å². The maximum absolute atomic E-state index is 12.6. The molecule has 0 atom stereocenters. The van der Waals surface area contributed by atoms with Crippen molar-refractivity contribution in [1.29, 1.82) is 0 Å². The Balaban J connectivity index is 1.72. The van der Waals surface area contributed by atoms with E-state index in [4.69, 9.17) is 14.7 Å². The fourth-order valence-corrected chi connectivity index (χ4v) is 3.99. The number of carbonyl (C=O) groups excluding carboxylic acids is 1. The van der Waals surface area contributed by atoms with E-state index in [1.807, 2.05) is 41.9 Å². The number of hydrogen-bond donors (Lipinski definition) is 0. The molecular weight excluding hydrogens is 378 g/mol. The van der Waals surface area contributed by atoms with Gasteiger partial charge in [0.25, 0.3) is 0 Å². The Bertz CT molecular complexity index is 1110. The lowest BCUT2D eigenvalue weighted by Gasteiger charge is -2.30. The fourth-order valence-electron chi connectivity index (χ4n) is 3.99. The molecule has 1 aliphatic rings. The summed E-state index contributed by atoms with van der Waals surface area (Å²) >= 11 is 0. The first-order valence-electron chi connectivity index (χ1n) is 9.95. The number of aryl methyl sites for hydroxylation is 1. The van der Waals surface area contributed by atoms with Crippen molar-refractivity contribution in [2.24, 2.45) is 10.6 Å². The zero-order valence-electron chi connectivity index (χ0n) is 17.7. The number of benzene rings is 2. The van der Waals surface area contributed by atoms with E-state index in [0.717, 1.165) is 34.8 Å². The molecule has 0 spiro atoms. The Morgan fingerprint density at radius 1 is 1.07 bits per heavy atom. The average molecular weight is 403 g/mol. The summed E-state index contributed by atoms with van der Waals surface area (Å²) < 4.78 is 7.23. The van der Waals surface area contributed by atoms with Gasteiger partial charge in [-0.2, -0.15) is 5.10 Å². The van der Waals surface area contributed by atoms with Crippen LogP contribution in [0.5, 0.6) is 5.75 Å². The van der Waals surface area contributed by atoms with Crippen LogP contribution in [0.25, 0.3) is 5.69 Å². The predicted molar refractivity (Wildman–Crippen MR) is 115 cm³/mol. The van der Waals surface area contributed by atoms with Crippen LogP contribution in [-0.4, -0.2) is 28.6 Å². The number of oxime groups is 1. The Labute approximate surface area is 176 Å². The van der Waals surface area contributed by atoms with Crippen molar-refractivity contribution in [3.63, 3.8) is 0 Å². The topological polar surface area (TPSA) is 65.7 Å². The lowest BCUT2D eigenvalue weighted by Crippen LogP contribution is -2.29. The van der Waals surface area contributed by atoms with Gasteiger partial charge < -0.3 is 9.57 Å². The quantitative estimate of drug-likeness (QED) is 0.467. The van der Waals surface area contributed by atoms with Crippen molar-refractivity contribution in [3.8, 4) is 11.4 Å². The summed E-state index contributed by atoms with van der Waals surface area (Å²) in [4.78, 5) is 18.0. The molecular formula is C24H25N3O3. The molecule has 6 nitrogen and oxygen atoms in total. The average Bonchev–Trinajstić information content (AvgIpc) is 3.07. The molecule has 0 saturated carbocycles. The van der Waals surface area contributed by atoms with Crippen molar-refractivity contribution in [2.75, 3.05) is 7.11 Å². The standard InChI is InChI=1S/C24H25N3O3/c1-16-22-19(26-30-23(28)18-12-8-9-13-21(18)29-4)14-24(2,3)15-20(22)27(25-16)17-10-6-5-7-11-17/h5-13H,14-15H2,1-4H3/b26-19+. The molecule has 0 bridgehead atoms. The number of ether oxygens (including phenoxy) is 1. The lowest BCUT2D eigenvalue weighted by atomic mass is 9.75. The van der Waals surface area contributed by atoms with E-state index in [9.17, 15) is 4.79 Å². The summed E-state index contributed by atoms with van der Waals surface area (Å²) in [7, 11) is 1.52. The minimum Gasteiger partial charge on any atom is -0.496 e. The molecule has 3 aromatic rings. The van der Waals surface area contributed by atoms with Gasteiger partial charge >= 0.3 is 5.97 Å². The monoisotopic (exact) mass is 403 g/mol. The molecule has 0 N–H and O–H groups in total. The summed E-state index contributed by atoms with van der Waals surface area (Å²) in [6.45, 7) is 6.34. The van der Waals surface area contributed by atoms with Crippen LogP contribution in [0.15, 0.2) is 59.8 Å². The fraction of sp³-hybridized carbons (Fsp3) is 0.292. The molecule has 0 unspecified atom stereocenters. The summed E-state index contributed by atoms with van der Waals surface area (Å²) in [5.41, 5.74) is 4.97. The lowest BCUT2D eigenvalue weighted by molar-refractivity contribution is 0.0510. The number of aromatic nitrogens is 2. The summed E-state index contributed by atoms with van der Waals surface area (Å²) in [6.07, 6.45) is 1.55. The number of para-hydroxylation sites is 2. The molecule has 6 heteroatoms. The molecule has 4 rings (SSSR count). The van der Waals surface area contributed by atoms with E-state index < -0.39 is 5.97 Å². The first-order chi connectivity index (χ1) is 14.4. The van der Waals surface area contributed by atoms with E-state index in [1.54, 1.807) is 24.3 Å². The SMILES string of the molecule is COc1ccccc1C(=O)O/N=C1\CC(C)(C)Cc2c1c(C)nn2-c1ccccc1. The maximum atomic E-state index is 12.6. The second kappa shape index (κ2) is 7.78. The first-order valence-corrected chi connectivity index (χ1v) is 9.95. The zero-order chi connectivity index (χ0) is 21.3. The zero-order valence-corrected chi connectivity index (χ0v) is 17.7. The molecule has 0 radical (unpaired) electrons. The highest BCUT2D eigenvalue weighted by Gasteiger charge is 2.35. The molecule has 0 fully saturated rings. The van der Waals surface area contributed by atoms with Gasteiger partial charge in [0.2, 0.25) is 0 Å². The van der Waals surface area contributed by atoms with Crippen molar-refractivity contribution in [1.82, 2.24) is 9.78 Å². The number of carbonyl (C=O) groups is 1. The highest BCUT2D eigenvalue weighted by molar-refractivity contribution is 6.04. The normalized spacial score (nSPS) is 16.2. The molecule has 1 heterocycles.